The Morgan fingerprint density at radius 2 is 1.90 bits per heavy atom. The molecule has 21 heavy (non-hydrogen) atoms. The zero-order valence-electron chi connectivity index (χ0n) is 11.4. The minimum absolute atomic E-state index is 0.0110. The first-order valence-corrected chi connectivity index (χ1v) is 6.56. The van der Waals surface area contributed by atoms with Gasteiger partial charge in [0.2, 0.25) is 0 Å². The van der Waals surface area contributed by atoms with Crippen molar-refractivity contribution in [1.82, 2.24) is 5.32 Å². The lowest BCUT2D eigenvalue weighted by atomic mass is 10.1. The molecule has 1 amide bonds. The Balaban J connectivity index is 1.76. The number of carbonyl (C=O) groups excluding carboxylic acids is 1. The van der Waals surface area contributed by atoms with Gasteiger partial charge in [-0.1, -0.05) is 42.5 Å². The molecule has 0 spiro atoms. The third-order valence-electron chi connectivity index (χ3n) is 2.91. The standard InChI is InChI=1S/C16H17NO4/c18-14-8-4-7-13(9-14)15(19)10-17-16(20)21-11-12-5-2-1-3-6-12/h1-9,15,18-19H,10-11H2,(H,17,20). The van der Waals surface area contributed by atoms with Gasteiger partial charge in [0.15, 0.2) is 0 Å². The SMILES string of the molecule is O=C(NCC(O)c1cccc(O)c1)OCc1ccccc1. The van der Waals surface area contributed by atoms with E-state index in [1.54, 1.807) is 12.1 Å². The van der Waals surface area contributed by atoms with Crippen LogP contribution in [0.5, 0.6) is 5.75 Å². The van der Waals surface area contributed by atoms with E-state index in [-0.39, 0.29) is 18.9 Å². The molecule has 2 aromatic rings. The van der Waals surface area contributed by atoms with Gasteiger partial charge in [-0.2, -0.15) is 0 Å². The van der Waals surface area contributed by atoms with E-state index < -0.39 is 12.2 Å². The molecular formula is C16H17NO4. The number of ether oxygens (including phenoxy) is 1. The normalized spacial score (nSPS) is 11.7. The number of benzene rings is 2. The maximum absolute atomic E-state index is 11.5. The summed E-state index contributed by atoms with van der Waals surface area (Å²) in [4.78, 5) is 11.5. The first-order valence-electron chi connectivity index (χ1n) is 6.56. The van der Waals surface area contributed by atoms with Gasteiger partial charge in [0.25, 0.3) is 0 Å². The molecular weight excluding hydrogens is 270 g/mol. The fourth-order valence-corrected chi connectivity index (χ4v) is 1.80. The number of alkyl carbamates (subject to hydrolysis) is 1. The first-order chi connectivity index (χ1) is 10.1. The number of aromatic hydroxyl groups is 1. The van der Waals surface area contributed by atoms with E-state index in [1.807, 2.05) is 30.3 Å². The number of hydrogen-bond acceptors (Lipinski definition) is 4. The highest BCUT2D eigenvalue weighted by molar-refractivity contribution is 5.67. The van der Waals surface area contributed by atoms with Crippen LogP contribution in [0.1, 0.15) is 17.2 Å². The van der Waals surface area contributed by atoms with E-state index in [1.165, 1.54) is 12.1 Å². The van der Waals surface area contributed by atoms with Crippen molar-refractivity contribution in [3.8, 4) is 5.75 Å². The van der Waals surface area contributed by atoms with Crippen molar-refractivity contribution in [2.75, 3.05) is 6.54 Å². The molecule has 0 aliphatic carbocycles. The molecule has 1 unspecified atom stereocenters. The molecule has 3 N–H and O–H groups in total. The number of nitrogens with one attached hydrogen (secondary N) is 1. The Kier molecular flexibility index (Phi) is 5.17. The van der Waals surface area contributed by atoms with E-state index >= 15 is 0 Å². The summed E-state index contributed by atoms with van der Waals surface area (Å²) in [6, 6.07) is 15.6. The van der Waals surface area contributed by atoms with Crippen LogP contribution in [0.4, 0.5) is 4.79 Å². The number of aliphatic hydroxyl groups excluding tert-OH is 1. The van der Waals surface area contributed by atoms with Crippen LogP contribution >= 0.6 is 0 Å². The summed E-state index contributed by atoms with van der Waals surface area (Å²) in [7, 11) is 0. The molecule has 2 aromatic carbocycles. The van der Waals surface area contributed by atoms with Gasteiger partial charge >= 0.3 is 6.09 Å². The second-order valence-electron chi connectivity index (χ2n) is 4.55. The Hall–Kier alpha value is -2.53. The molecule has 1 atom stereocenters. The van der Waals surface area contributed by atoms with E-state index in [0.29, 0.717) is 5.56 Å². The lowest BCUT2D eigenvalue weighted by molar-refractivity contribution is 0.126. The molecule has 2 rings (SSSR count). The van der Waals surface area contributed by atoms with Crippen LogP contribution in [0.2, 0.25) is 0 Å². The third-order valence-corrected chi connectivity index (χ3v) is 2.91. The van der Waals surface area contributed by atoms with Gasteiger partial charge in [-0.15, -0.1) is 0 Å². The smallest absolute Gasteiger partial charge is 0.407 e. The summed E-state index contributed by atoms with van der Waals surface area (Å²) in [6.07, 6.45) is -1.50. The van der Waals surface area contributed by atoms with E-state index in [9.17, 15) is 15.0 Å². The summed E-state index contributed by atoms with van der Waals surface area (Å²) < 4.78 is 5.03. The second kappa shape index (κ2) is 7.31. The minimum atomic E-state index is -0.902. The van der Waals surface area contributed by atoms with Crippen LogP contribution in [0.15, 0.2) is 54.6 Å². The summed E-state index contributed by atoms with van der Waals surface area (Å²) in [6.45, 7) is 0.186. The average Bonchev–Trinajstić information content (AvgIpc) is 2.51. The zero-order valence-corrected chi connectivity index (χ0v) is 11.4. The van der Waals surface area contributed by atoms with E-state index in [0.717, 1.165) is 5.56 Å². The van der Waals surface area contributed by atoms with Gasteiger partial charge in [0.05, 0.1) is 12.6 Å². The van der Waals surface area contributed by atoms with Gasteiger partial charge in [-0.3, -0.25) is 0 Å². The Morgan fingerprint density at radius 3 is 2.62 bits per heavy atom. The highest BCUT2D eigenvalue weighted by Gasteiger charge is 2.10. The lowest BCUT2D eigenvalue weighted by Gasteiger charge is -2.12. The summed E-state index contributed by atoms with van der Waals surface area (Å²) in [5.41, 5.74) is 1.42. The van der Waals surface area contributed by atoms with Crippen molar-refractivity contribution >= 4 is 6.09 Å². The number of aliphatic hydroxyl groups is 1. The molecule has 0 bridgehead atoms. The molecule has 110 valence electrons. The van der Waals surface area contributed by atoms with Gasteiger partial charge in [0, 0.05) is 0 Å². The van der Waals surface area contributed by atoms with E-state index in [2.05, 4.69) is 5.32 Å². The molecule has 0 saturated heterocycles. The quantitative estimate of drug-likeness (QED) is 0.788. The monoisotopic (exact) mass is 287 g/mol. The highest BCUT2D eigenvalue weighted by atomic mass is 16.5. The van der Waals surface area contributed by atoms with Gasteiger partial charge < -0.3 is 20.3 Å². The maximum atomic E-state index is 11.5. The largest absolute Gasteiger partial charge is 0.508 e. The molecule has 5 nitrogen and oxygen atoms in total. The molecule has 0 aromatic heterocycles. The topological polar surface area (TPSA) is 78.8 Å². The van der Waals surface area contributed by atoms with Crippen LogP contribution in [-0.2, 0) is 11.3 Å². The number of phenolic OH excluding ortho intramolecular Hbond substituents is 1. The highest BCUT2D eigenvalue weighted by Crippen LogP contribution is 2.17. The fraction of sp³-hybridized carbons (Fsp3) is 0.188. The Bertz CT molecular complexity index is 586. The van der Waals surface area contributed by atoms with Crippen molar-refractivity contribution < 1.29 is 19.7 Å². The van der Waals surface area contributed by atoms with Crippen LogP contribution in [-0.4, -0.2) is 22.9 Å². The molecule has 0 saturated carbocycles. The number of carbonyl (C=O) groups is 1. The van der Waals surface area contributed by atoms with Crippen molar-refractivity contribution in [3.05, 3.63) is 65.7 Å². The Morgan fingerprint density at radius 1 is 1.14 bits per heavy atom. The van der Waals surface area contributed by atoms with Crippen LogP contribution < -0.4 is 5.32 Å². The molecule has 5 heteroatoms. The average molecular weight is 287 g/mol. The summed E-state index contributed by atoms with van der Waals surface area (Å²) in [5.74, 6) is 0.0678. The van der Waals surface area contributed by atoms with Crippen LogP contribution in [0, 0.1) is 0 Å². The van der Waals surface area contributed by atoms with Crippen molar-refractivity contribution in [2.45, 2.75) is 12.7 Å². The van der Waals surface area contributed by atoms with Crippen molar-refractivity contribution in [3.63, 3.8) is 0 Å². The number of rotatable bonds is 5. The first kappa shape index (κ1) is 14.9. The van der Waals surface area contributed by atoms with Crippen molar-refractivity contribution in [1.29, 1.82) is 0 Å². The number of hydrogen-bond donors (Lipinski definition) is 3. The lowest BCUT2D eigenvalue weighted by Crippen LogP contribution is -2.28. The summed E-state index contributed by atoms with van der Waals surface area (Å²) >= 11 is 0. The molecule has 0 heterocycles. The number of amides is 1. The molecule has 0 fully saturated rings. The minimum Gasteiger partial charge on any atom is -0.508 e. The fourth-order valence-electron chi connectivity index (χ4n) is 1.80. The van der Waals surface area contributed by atoms with E-state index in [4.69, 9.17) is 4.74 Å². The summed E-state index contributed by atoms with van der Waals surface area (Å²) in [5, 5.41) is 21.7. The zero-order chi connectivity index (χ0) is 15.1. The maximum Gasteiger partial charge on any atom is 0.407 e. The number of phenols is 1. The van der Waals surface area contributed by atoms with Gasteiger partial charge in [-0.05, 0) is 23.3 Å². The third kappa shape index (κ3) is 4.81. The predicted octanol–water partition coefficient (Wildman–Crippen LogP) is 2.35. The van der Waals surface area contributed by atoms with Gasteiger partial charge in [-0.25, -0.2) is 4.79 Å². The van der Waals surface area contributed by atoms with Crippen LogP contribution in [0.3, 0.4) is 0 Å². The molecule has 0 aliphatic heterocycles. The second-order valence-corrected chi connectivity index (χ2v) is 4.55. The predicted molar refractivity (Wildman–Crippen MR) is 77.7 cm³/mol. The Labute approximate surface area is 122 Å². The van der Waals surface area contributed by atoms with Crippen LogP contribution in [0.25, 0.3) is 0 Å². The molecule has 0 radical (unpaired) electrons. The van der Waals surface area contributed by atoms with Gasteiger partial charge in [0.1, 0.15) is 12.4 Å². The molecule has 0 aliphatic rings. The van der Waals surface area contributed by atoms with Crippen molar-refractivity contribution in [2.24, 2.45) is 0 Å².